The van der Waals surface area contributed by atoms with Crippen LogP contribution in [0.5, 0.6) is 0 Å². The smallest absolute Gasteiger partial charge is 0.257 e. The zero-order valence-electron chi connectivity index (χ0n) is 24.6. The molecule has 3 aliphatic rings. The van der Waals surface area contributed by atoms with E-state index in [1.165, 1.54) is 19.8 Å². The molecule has 12 heteroatoms. The second-order valence-corrected chi connectivity index (χ2v) is 14.6. The molecule has 0 bridgehead atoms. The van der Waals surface area contributed by atoms with Crippen LogP contribution < -0.4 is 19.8 Å². The van der Waals surface area contributed by atoms with Crippen molar-refractivity contribution in [3.8, 4) is 0 Å². The molecular weight excluding hydrogens is 576 g/mol. The lowest BCUT2D eigenvalue weighted by molar-refractivity contribution is -0.0220. The maximum Gasteiger partial charge on any atom is 0.257 e. The van der Waals surface area contributed by atoms with Crippen molar-refractivity contribution in [1.82, 2.24) is 4.57 Å². The molecule has 3 heterocycles. The van der Waals surface area contributed by atoms with E-state index < -0.39 is 27.8 Å². The lowest BCUT2D eigenvalue weighted by atomic mass is 9.93. The minimum Gasteiger partial charge on any atom is -0.395 e. The number of amides is 1. The number of aryl methyl sites for hydroxylation is 1. The van der Waals surface area contributed by atoms with Crippen molar-refractivity contribution in [1.29, 1.82) is 0 Å². The molecular formula is C31H39F2N5O4S. The molecule has 3 fully saturated rings. The van der Waals surface area contributed by atoms with Gasteiger partial charge >= 0.3 is 0 Å². The van der Waals surface area contributed by atoms with Crippen molar-refractivity contribution >= 4 is 49.6 Å². The minimum absolute atomic E-state index is 0.219. The minimum atomic E-state index is -3.82. The van der Waals surface area contributed by atoms with Gasteiger partial charge in [0.1, 0.15) is 5.25 Å². The fourth-order valence-electron chi connectivity index (χ4n) is 6.32. The molecule has 1 aliphatic carbocycles. The number of hydrogen-bond acceptors (Lipinski definition) is 6. The van der Waals surface area contributed by atoms with Crippen molar-refractivity contribution in [3.63, 3.8) is 0 Å². The molecule has 1 spiro atoms. The first-order valence-electron chi connectivity index (χ1n) is 14.9. The monoisotopic (exact) mass is 615 g/mol. The SMILES string of the molecule is C[C@H](CO)S(=O)(=O)Nc1ccc(C(=O)Nc2cc(N3CCC(F)(F)CC3)c3c(ccn3C)c2)c(N2CCC3(CC2)CC3)c1. The molecule has 1 atom stereocenters. The summed E-state index contributed by atoms with van der Waals surface area (Å²) in [4.78, 5) is 18.0. The standard InChI is InChI=1S/C31H39F2N5O4S/c1-21(20-39)43(41,42)35-23-3-4-25(26(18-23)37-13-8-30(6-7-30)9-14-37)29(40)34-24-17-22-5-12-36(2)28(22)27(19-24)38-15-10-31(32,33)11-16-38/h3-5,12,17-19,21,35,39H,6-11,13-16,20H2,1-2H3,(H,34,40)/t21-/m1/s1. The van der Waals surface area contributed by atoms with Crippen molar-refractivity contribution in [2.24, 2.45) is 12.5 Å². The summed E-state index contributed by atoms with van der Waals surface area (Å²) in [5.41, 5.74) is 4.06. The van der Waals surface area contributed by atoms with Gasteiger partial charge in [-0.05, 0) is 74.4 Å². The number of benzene rings is 2. The molecule has 1 amide bonds. The van der Waals surface area contributed by atoms with Gasteiger partial charge in [-0.15, -0.1) is 0 Å². The van der Waals surface area contributed by atoms with Crippen LogP contribution in [-0.4, -0.2) is 68.0 Å². The van der Waals surface area contributed by atoms with E-state index in [0.29, 0.717) is 28.0 Å². The summed E-state index contributed by atoms with van der Waals surface area (Å²) in [6.07, 6.45) is 5.98. The Labute approximate surface area is 250 Å². The second-order valence-electron chi connectivity index (χ2n) is 12.5. The number of piperidine rings is 2. The molecule has 3 N–H and O–H groups in total. The fourth-order valence-corrected chi connectivity index (χ4v) is 7.17. The van der Waals surface area contributed by atoms with E-state index in [-0.39, 0.29) is 31.8 Å². The van der Waals surface area contributed by atoms with Gasteiger partial charge in [0, 0.05) is 63.3 Å². The number of alkyl halides is 2. The van der Waals surface area contributed by atoms with Gasteiger partial charge in [0.2, 0.25) is 10.0 Å². The summed E-state index contributed by atoms with van der Waals surface area (Å²) in [5, 5.41) is 12.3. The number of halogens is 2. The Bertz CT molecular complexity index is 1630. The molecule has 9 nitrogen and oxygen atoms in total. The number of anilines is 4. The Hall–Kier alpha value is -3.38. The van der Waals surface area contributed by atoms with Crippen LogP contribution in [0.15, 0.2) is 42.6 Å². The number of aromatic nitrogens is 1. The number of hydrogen-bond donors (Lipinski definition) is 3. The third-order valence-electron chi connectivity index (χ3n) is 9.45. The quantitative estimate of drug-likeness (QED) is 0.323. The van der Waals surface area contributed by atoms with Gasteiger partial charge in [-0.25, -0.2) is 17.2 Å². The van der Waals surface area contributed by atoms with Crippen LogP contribution in [0.25, 0.3) is 10.9 Å². The van der Waals surface area contributed by atoms with Crippen molar-refractivity contribution in [2.75, 3.05) is 52.6 Å². The van der Waals surface area contributed by atoms with Crippen LogP contribution >= 0.6 is 0 Å². The predicted octanol–water partition coefficient (Wildman–Crippen LogP) is 5.17. The number of rotatable bonds is 8. The van der Waals surface area contributed by atoms with Crippen molar-refractivity contribution < 1.29 is 27.1 Å². The van der Waals surface area contributed by atoms with Gasteiger partial charge in [-0.3, -0.25) is 9.52 Å². The molecule has 232 valence electrons. The summed E-state index contributed by atoms with van der Waals surface area (Å²) >= 11 is 0. The van der Waals surface area contributed by atoms with Crippen molar-refractivity contribution in [3.05, 3.63) is 48.2 Å². The van der Waals surface area contributed by atoms with Crippen LogP contribution in [0.1, 0.15) is 55.8 Å². The molecule has 0 radical (unpaired) electrons. The van der Waals surface area contributed by atoms with Crippen molar-refractivity contribution in [2.45, 2.75) is 56.6 Å². The predicted molar refractivity (Wildman–Crippen MR) is 166 cm³/mol. The Morgan fingerprint density at radius 2 is 1.56 bits per heavy atom. The summed E-state index contributed by atoms with van der Waals surface area (Å²) in [7, 11) is -1.90. The summed E-state index contributed by atoms with van der Waals surface area (Å²) in [6, 6.07) is 10.6. The van der Waals surface area contributed by atoms with Gasteiger partial charge in [0.25, 0.3) is 11.8 Å². The molecule has 2 aromatic carbocycles. The largest absolute Gasteiger partial charge is 0.395 e. The average molecular weight is 616 g/mol. The molecule has 3 aromatic rings. The van der Waals surface area contributed by atoms with E-state index in [2.05, 4.69) is 14.9 Å². The highest BCUT2D eigenvalue weighted by Crippen LogP contribution is 2.54. The molecule has 0 unspecified atom stereocenters. The molecule has 1 saturated carbocycles. The Kier molecular flexibility index (Phi) is 7.56. The first-order chi connectivity index (χ1) is 20.4. The normalized spacial score (nSPS) is 20.3. The third kappa shape index (κ3) is 6.04. The fraction of sp³-hybridized carbons (Fsp3) is 0.516. The van der Waals surface area contributed by atoms with E-state index in [0.717, 1.165) is 42.5 Å². The van der Waals surface area contributed by atoms with Gasteiger partial charge in [-0.2, -0.15) is 0 Å². The number of carbonyl (C=O) groups is 1. The van der Waals surface area contributed by atoms with Gasteiger partial charge in [0.05, 0.1) is 34.7 Å². The average Bonchev–Trinajstić information content (AvgIpc) is 3.62. The summed E-state index contributed by atoms with van der Waals surface area (Å²) < 4.78 is 57.7. The van der Waals surface area contributed by atoms with E-state index in [9.17, 15) is 27.1 Å². The Balaban J connectivity index is 1.31. The number of aliphatic hydroxyl groups is 1. The van der Waals surface area contributed by atoms with Gasteiger partial charge in [0.15, 0.2) is 0 Å². The number of nitrogens with one attached hydrogen (secondary N) is 2. The third-order valence-corrected chi connectivity index (χ3v) is 11.2. The highest BCUT2D eigenvalue weighted by Gasteiger charge is 2.44. The second kappa shape index (κ2) is 11.0. The highest BCUT2D eigenvalue weighted by atomic mass is 32.2. The van der Waals surface area contributed by atoms with E-state index in [1.54, 1.807) is 18.2 Å². The number of nitrogens with zero attached hydrogens (tertiary/aromatic N) is 3. The van der Waals surface area contributed by atoms with E-state index in [4.69, 9.17) is 0 Å². The van der Waals surface area contributed by atoms with Gasteiger partial charge < -0.3 is 24.8 Å². The topological polar surface area (TPSA) is 107 Å². The maximum absolute atomic E-state index is 13.9. The Morgan fingerprint density at radius 1 is 0.930 bits per heavy atom. The van der Waals surface area contributed by atoms with Crippen LogP contribution in [0, 0.1) is 5.41 Å². The number of carbonyl (C=O) groups excluding carboxylic acids is 1. The zero-order valence-corrected chi connectivity index (χ0v) is 25.4. The van der Waals surface area contributed by atoms with Gasteiger partial charge in [-0.1, -0.05) is 0 Å². The first kappa shape index (κ1) is 29.7. The van der Waals surface area contributed by atoms with E-state index >= 15 is 0 Å². The molecule has 1 aromatic heterocycles. The molecule has 43 heavy (non-hydrogen) atoms. The molecule has 6 rings (SSSR count). The van der Waals surface area contributed by atoms with E-state index in [1.807, 2.05) is 40.9 Å². The maximum atomic E-state index is 13.9. The zero-order chi connectivity index (χ0) is 30.6. The number of sulfonamides is 1. The van der Waals surface area contributed by atoms with Crippen LogP contribution in [0.2, 0.25) is 0 Å². The van der Waals surface area contributed by atoms with Crippen LogP contribution in [-0.2, 0) is 17.1 Å². The lowest BCUT2D eigenvalue weighted by Crippen LogP contribution is -2.39. The molecule has 2 aliphatic heterocycles. The number of fused-ring (bicyclic) bond motifs is 1. The number of aliphatic hydroxyl groups excluding tert-OH is 1. The molecule has 2 saturated heterocycles. The van der Waals surface area contributed by atoms with Crippen LogP contribution in [0.3, 0.4) is 0 Å². The summed E-state index contributed by atoms with van der Waals surface area (Å²) in [6.45, 7) is 2.89. The van der Waals surface area contributed by atoms with Crippen LogP contribution in [0.4, 0.5) is 31.5 Å². The lowest BCUT2D eigenvalue weighted by Gasteiger charge is -2.35. The Morgan fingerprint density at radius 3 is 2.21 bits per heavy atom. The highest BCUT2D eigenvalue weighted by molar-refractivity contribution is 7.93. The summed E-state index contributed by atoms with van der Waals surface area (Å²) in [5.74, 6) is -3.01. The first-order valence-corrected chi connectivity index (χ1v) is 16.5.